The van der Waals surface area contributed by atoms with Crippen LogP contribution in [0.5, 0.6) is 11.5 Å². The summed E-state index contributed by atoms with van der Waals surface area (Å²) in [7, 11) is -3.98. The summed E-state index contributed by atoms with van der Waals surface area (Å²) in [6.07, 6.45) is 1.06. The van der Waals surface area contributed by atoms with Gasteiger partial charge in [-0.3, -0.25) is 0 Å². The molecule has 0 aliphatic carbocycles. The van der Waals surface area contributed by atoms with Gasteiger partial charge < -0.3 is 14.2 Å². The molecule has 24 heavy (non-hydrogen) atoms. The molecule has 1 saturated heterocycles. The number of rotatable bonds is 3. The molecule has 0 spiro atoms. The van der Waals surface area contributed by atoms with Crippen LogP contribution in [-0.2, 0) is 10.1 Å². The van der Waals surface area contributed by atoms with Crippen LogP contribution in [0, 0.1) is 0 Å². The average molecular weight is 366 g/mol. The molecule has 7 heteroatoms. The summed E-state index contributed by atoms with van der Waals surface area (Å²) in [5.41, 5.74) is 1.01. The number of ether oxygens (including phenoxy) is 1. The summed E-state index contributed by atoms with van der Waals surface area (Å²) in [4.78, 5) is -0.0387. The van der Waals surface area contributed by atoms with E-state index in [1.807, 2.05) is 0 Å². The SMILES string of the molecule is O=S(=O)(Oc1ccc2c(c1)C1CCNCC1O2)c1ccccc1Cl. The summed E-state index contributed by atoms with van der Waals surface area (Å²) >= 11 is 5.97. The maximum Gasteiger partial charge on any atom is 0.340 e. The Kier molecular flexibility index (Phi) is 3.90. The summed E-state index contributed by atoms with van der Waals surface area (Å²) in [5.74, 6) is 1.35. The number of hydrogen-bond acceptors (Lipinski definition) is 5. The van der Waals surface area contributed by atoms with Gasteiger partial charge in [0.2, 0.25) is 0 Å². The van der Waals surface area contributed by atoms with E-state index in [0.717, 1.165) is 30.8 Å². The van der Waals surface area contributed by atoms with E-state index in [-0.39, 0.29) is 27.7 Å². The van der Waals surface area contributed by atoms with Gasteiger partial charge in [-0.15, -0.1) is 0 Å². The van der Waals surface area contributed by atoms with Crippen LogP contribution in [0.4, 0.5) is 0 Å². The van der Waals surface area contributed by atoms with Crippen molar-refractivity contribution in [2.24, 2.45) is 0 Å². The van der Waals surface area contributed by atoms with E-state index >= 15 is 0 Å². The van der Waals surface area contributed by atoms with Gasteiger partial charge >= 0.3 is 10.1 Å². The second-order valence-corrected chi connectivity index (χ2v) is 7.85. The second kappa shape index (κ2) is 5.95. The predicted molar refractivity (Wildman–Crippen MR) is 90.4 cm³/mol. The molecule has 0 amide bonds. The van der Waals surface area contributed by atoms with Crippen LogP contribution < -0.4 is 14.2 Å². The molecule has 2 aromatic carbocycles. The van der Waals surface area contributed by atoms with Crippen LogP contribution in [-0.4, -0.2) is 27.6 Å². The Morgan fingerprint density at radius 2 is 2.04 bits per heavy atom. The highest BCUT2D eigenvalue weighted by Gasteiger charge is 2.36. The Balaban J connectivity index is 1.64. The van der Waals surface area contributed by atoms with Crippen molar-refractivity contribution < 1.29 is 17.3 Å². The summed E-state index contributed by atoms with van der Waals surface area (Å²) < 4.78 is 36.1. The number of benzene rings is 2. The molecule has 1 fully saturated rings. The van der Waals surface area contributed by atoms with E-state index in [4.69, 9.17) is 20.5 Å². The lowest BCUT2D eigenvalue weighted by atomic mass is 9.90. The molecule has 0 aromatic heterocycles. The van der Waals surface area contributed by atoms with E-state index in [2.05, 4.69) is 5.32 Å². The number of nitrogens with one attached hydrogen (secondary N) is 1. The van der Waals surface area contributed by atoms with E-state index < -0.39 is 10.1 Å². The number of hydrogen-bond donors (Lipinski definition) is 1. The normalized spacial score (nSPS) is 22.4. The van der Waals surface area contributed by atoms with Gasteiger partial charge in [-0.05, 0) is 43.3 Å². The lowest BCUT2D eigenvalue weighted by Gasteiger charge is -2.24. The van der Waals surface area contributed by atoms with Crippen molar-refractivity contribution in [2.75, 3.05) is 13.1 Å². The highest BCUT2D eigenvalue weighted by Crippen LogP contribution is 2.43. The number of piperidine rings is 1. The molecule has 0 saturated carbocycles. The molecule has 2 unspecified atom stereocenters. The summed E-state index contributed by atoms with van der Waals surface area (Å²) in [6.45, 7) is 1.72. The molecule has 2 aromatic rings. The molecule has 2 heterocycles. The maximum atomic E-state index is 12.5. The number of halogens is 1. The van der Waals surface area contributed by atoms with Gasteiger partial charge in [0.1, 0.15) is 22.5 Å². The van der Waals surface area contributed by atoms with Crippen LogP contribution in [0.3, 0.4) is 0 Å². The van der Waals surface area contributed by atoms with Crippen molar-refractivity contribution >= 4 is 21.7 Å². The Labute approximate surface area is 145 Å². The lowest BCUT2D eigenvalue weighted by molar-refractivity contribution is 0.177. The largest absolute Gasteiger partial charge is 0.488 e. The molecule has 126 valence electrons. The fraction of sp³-hybridized carbons (Fsp3) is 0.294. The first-order valence-corrected chi connectivity index (χ1v) is 9.53. The van der Waals surface area contributed by atoms with Crippen molar-refractivity contribution in [1.29, 1.82) is 0 Å². The van der Waals surface area contributed by atoms with Gasteiger partial charge in [0, 0.05) is 18.0 Å². The maximum absolute atomic E-state index is 12.5. The first-order valence-electron chi connectivity index (χ1n) is 7.75. The van der Waals surface area contributed by atoms with Gasteiger partial charge in [0.15, 0.2) is 0 Å². The zero-order chi connectivity index (χ0) is 16.7. The zero-order valence-corrected chi connectivity index (χ0v) is 14.3. The van der Waals surface area contributed by atoms with Crippen LogP contribution in [0.2, 0.25) is 5.02 Å². The van der Waals surface area contributed by atoms with Crippen molar-refractivity contribution in [3.63, 3.8) is 0 Å². The van der Waals surface area contributed by atoms with Crippen LogP contribution in [0.15, 0.2) is 47.4 Å². The average Bonchev–Trinajstić information content (AvgIpc) is 2.93. The Morgan fingerprint density at radius 1 is 1.21 bits per heavy atom. The number of fused-ring (bicyclic) bond motifs is 3. The highest BCUT2D eigenvalue weighted by atomic mass is 35.5. The Hall–Kier alpha value is -1.76. The fourth-order valence-corrected chi connectivity index (χ4v) is 4.69. The molecule has 2 aliphatic heterocycles. The van der Waals surface area contributed by atoms with Crippen molar-refractivity contribution in [3.05, 3.63) is 53.1 Å². The van der Waals surface area contributed by atoms with E-state index in [1.54, 1.807) is 30.3 Å². The van der Waals surface area contributed by atoms with E-state index in [0.29, 0.717) is 0 Å². The third kappa shape index (κ3) is 2.75. The van der Waals surface area contributed by atoms with Crippen LogP contribution >= 0.6 is 11.6 Å². The van der Waals surface area contributed by atoms with E-state index in [1.165, 1.54) is 12.1 Å². The van der Waals surface area contributed by atoms with Gasteiger partial charge in [0.05, 0.1) is 5.02 Å². The van der Waals surface area contributed by atoms with Crippen molar-refractivity contribution in [2.45, 2.75) is 23.3 Å². The van der Waals surface area contributed by atoms with Gasteiger partial charge in [-0.2, -0.15) is 8.42 Å². The minimum atomic E-state index is -3.98. The monoisotopic (exact) mass is 365 g/mol. The fourth-order valence-electron chi connectivity index (χ4n) is 3.27. The van der Waals surface area contributed by atoms with Gasteiger partial charge in [0.25, 0.3) is 0 Å². The van der Waals surface area contributed by atoms with E-state index in [9.17, 15) is 8.42 Å². The first kappa shape index (κ1) is 15.7. The molecule has 0 radical (unpaired) electrons. The molecular formula is C17H16ClNO4S. The quantitative estimate of drug-likeness (QED) is 0.847. The topological polar surface area (TPSA) is 64.6 Å². The second-order valence-electron chi connectivity index (χ2n) is 5.92. The molecular weight excluding hydrogens is 350 g/mol. The zero-order valence-electron chi connectivity index (χ0n) is 12.7. The lowest BCUT2D eigenvalue weighted by Crippen LogP contribution is -2.39. The Morgan fingerprint density at radius 3 is 2.88 bits per heavy atom. The third-order valence-electron chi connectivity index (χ3n) is 4.40. The van der Waals surface area contributed by atoms with Crippen LogP contribution in [0.1, 0.15) is 17.9 Å². The third-order valence-corrected chi connectivity index (χ3v) is 6.15. The molecule has 2 aliphatic rings. The van der Waals surface area contributed by atoms with Gasteiger partial charge in [-0.1, -0.05) is 23.7 Å². The van der Waals surface area contributed by atoms with Crippen molar-refractivity contribution in [3.8, 4) is 11.5 Å². The highest BCUT2D eigenvalue weighted by molar-refractivity contribution is 7.87. The standard InChI is InChI=1S/C17H16ClNO4S/c18-14-3-1-2-4-17(14)24(20,21)23-11-5-6-15-13(9-11)12-7-8-19-10-16(12)22-15/h1-6,9,12,16,19H,7-8,10H2. The minimum Gasteiger partial charge on any atom is -0.488 e. The summed E-state index contributed by atoms with van der Waals surface area (Å²) in [6, 6.07) is 11.4. The van der Waals surface area contributed by atoms with Crippen molar-refractivity contribution in [1.82, 2.24) is 5.32 Å². The predicted octanol–water partition coefficient (Wildman–Crippen LogP) is 2.95. The van der Waals surface area contributed by atoms with Gasteiger partial charge in [-0.25, -0.2) is 0 Å². The molecule has 1 N–H and O–H groups in total. The Bertz CT molecular complexity index is 884. The molecule has 0 bridgehead atoms. The molecule has 4 rings (SSSR count). The smallest absolute Gasteiger partial charge is 0.340 e. The molecule has 2 atom stereocenters. The first-order chi connectivity index (χ1) is 11.5. The molecule has 5 nitrogen and oxygen atoms in total. The van der Waals surface area contributed by atoms with Crippen LogP contribution in [0.25, 0.3) is 0 Å². The minimum absolute atomic E-state index is 0.0387. The summed E-state index contributed by atoms with van der Waals surface area (Å²) in [5, 5.41) is 3.44.